The van der Waals surface area contributed by atoms with Crippen LogP contribution in [0.5, 0.6) is 0 Å². The van der Waals surface area contributed by atoms with E-state index in [1.54, 1.807) is 0 Å². The van der Waals surface area contributed by atoms with Crippen LogP contribution in [0.1, 0.15) is 97.3 Å². The van der Waals surface area contributed by atoms with E-state index in [1.807, 2.05) is 0 Å². The van der Waals surface area contributed by atoms with Crippen molar-refractivity contribution >= 4 is 0 Å². The molecule has 1 rings (SSSR count). The molecule has 1 aliphatic rings. The molecule has 0 aromatic heterocycles. The Morgan fingerprint density at radius 1 is 0.909 bits per heavy atom. The maximum atomic E-state index is 5.95. The predicted octanol–water partition coefficient (Wildman–Crippen LogP) is 5.26. The van der Waals surface area contributed by atoms with Gasteiger partial charge >= 0.3 is 0 Å². The average Bonchev–Trinajstić information content (AvgIpc) is 2.57. The summed E-state index contributed by atoms with van der Waals surface area (Å²) in [7, 11) is 0. The number of rotatable bonds is 13. The number of nitrogens with one attached hydrogen (secondary N) is 1. The maximum Gasteiger partial charge on any atom is 0.0133 e. The average molecular weight is 311 g/mol. The highest BCUT2D eigenvalue weighted by atomic mass is 14.9. The lowest BCUT2D eigenvalue weighted by Gasteiger charge is -2.35. The highest BCUT2D eigenvalue weighted by Crippen LogP contribution is 2.29. The lowest BCUT2D eigenvalue weighted by molar-refractivity contribution is 0.216. The van der Waals surface area contributed by atoms with Crippen LogP contribution < -0.4 is 11.1 Å². The summed E-state index contributed by atoms with van der Waals surface area (Å²) in [5, 5.41) is 3.87. The summed E-state index contributed by atoms with van der Waals surface area (Å²) in [6, 6.07) is 0.662. The molecule has 2 heteroatoms. The Morgan fingerprint density at radius 3 is 2.09 bits per heavy atom. The van der Waals surface area contributed by atoms with Crippen molar-refractivity contribution in [1.29, 1.82) is 0 Å². The van der Waals surface area contributed by atoms with E-state index in [4.69, 9.17) is 5.73 Å². The molecule has 1 aliphatic carbocycles. The molecular formula is C20H42N2. The molecule has 1 fully saturated rings. The van der Waals surface area contributed by atoms with Gasteiger partial charge in [-0.05, 0) is 44.2 Å². The number of nitrogens with two attached hydrogens (primary N) is 1. The van der Waals surface area contributed by atoms with Crippen LogP contribution in [0.15, 0.2) is 0 Å². The second-order valence-electron chi connectivity index (χ2n) is 7.57. The molecule has 0 spiro atoms. The maximum absolute atomic E-state index is 5.95. The van der Waals surface area contributed by atoms with Gasteiger partial charge in [-0.3, -0.25) is 0 Å². The van der Waals surface area contributed by atoms with Crippen molar-refractivity contribution in [2.45, 2.75) is 103 Å². The molecule has 0 aliphatic heterocycles. The van der Waals surface area contributed by atoms with E-state index in [0.29, 0.717) is 12.0 Å². The van der Waals surface area contributed by atoms with Gasteiger partial charge in [0.05, 0.1) is 0 Å². The Labute approximate surface area is 140 Å². The van der Waals surface area contributed by atoms with Crippen molar-refractivity contribution in [1.82, 2.24) is 5.32 Å². The molecule has 0 radical (unpaired) electrons. The first-order valence-corrected chi connectivity index (χ1v) is 10.2. The van der Waals surface area contributed by atoms with Crippen molar-refractivity contribution in [3.8, 4) is 0 Å². The molecule has 0 aromatic rings. The van der Waals surface area contributed by atoms with E-state index >= 15 is 0 Å². The minimum Gasteiger partial charge on any atom is -0.330 e. The fraction of sp³-hybridized carbons (Fsp3) is 1.00. The predicted molar refractivity (Wildman–Crippen MR) is 99.2 cm³/mol. The summed E-state index contributed by atoms with van der Waals surface area (Å²) in [5.74, 6) is 1.50. The van der Waals surface area contributed by atoms with Gasteiger partial charge in [0.1, 0.15) is 0 Å². The van der Waals surface area contributed by atoms with Gasteiger partial charge in [0.2, 0.25) is 0 Å². The van der Waals surface area contributed by atoms with E-state index in [-0.39, 0.29) is 0 Å². The van der Waals surface area contributed by atoms with Crippen LogP contribution in [0.3, 0.4) is 0 Å². The standard InChI is InChI=1S/C20H42N2/c1-3-4-5-6-7-8-9-13-16-22-20(18(2)17-21)19-14-11-10-12-15-19/h18-20,22H,3-17,21H2,1-2H3. The Morgan fingerprint density at radius 2 is 1.50 bits per heavy atom. The molecule has 1 saturated carbocycles. The molecule has 0 saturated heterocycles. The summed E-state index contributed by atoms with van der Waals surface area (Å²) in [4.78, 5) is 0. The first-order valence-electron chi connectivity index (χ1n) is 10.2. The highest BCUT2D eigenvalue weighted by molar-refractivity contribution is 4.83. The lowest BCUT2D eigenvalue weighted by atomic mass is 9.79. The summed E-state index contributed by atoms with van der Waals surface area (Å²) < 4.78 is 0. The molecule has 0 heterocycles. The molecule has 132 valence electrons. The summed E-state index contributed by atoms with van der Waals surface area (Å²) in [5.41, 5.74) is 5.95. The van der Waals surface area contributed by atoms with Gasteiger partial charge in [0, 0.05) is 6.04 Å². The number of unbranched alkanes of at least 4 members (excludes halogenated alkanes) is 7. The Balaban J connectivity index is 2.10. The SMILES string of the molecule is CCCCCCCCCCNC(C(C)CN)C1CCCCC1. The van der Waals surface area contributed by atoms with Crippen LogP contribution in [0.4, 0.5) is 0 Å². The van der Waals surface area contributed by atoms with E-state index in [2.05, 4.69) is 19.2 Å². The van der Waals surface area contributed by atoms with Crippen LogP contribution in [-0.4, -0.2) is 19.1 Å². The van der Waals surface area contributed by atoms with Gasteiger partial charge in [-0.1, -0.05) is 78.1 Å². The van der Waals surface area contributed by atoms with E-state index in [1.165, 1.54) is 90.0 Å². The summed E-state index contributed by atoms with van der Waals surface area (Å²) in [6.45, 7) is 6.64. The zero-order chi connectivity index (χ0) is 16.0. The molecular weight excluding hydrogens is 268 g/mol. The normalized spacial score (nSPS) is 19.2. The van der Waals surface area contributed by atoms with E-state index in [9.17, 15) is 0 Å². The minimum atomic E-state index is 0.622. The highest BCUT2D eigenvalue weighted by Gasteiger charge is 2.26. The number of hydrogen-bond acceptors (Lipinski definition) is 2. The quantitative estimate of drug-likeness (QED) is 0.455. The Bertz CT molecular complexity index is 236. The largest absolute Gasteiger partial charge is 0.330 e. The van der Waals surface area contributed by atoms with Crippen molar-refractivity contribution in [3.05, 3.63) is 0 Å². The third-order valence-corrected chi connectivity index (χ3v) is 5.55. The van der Waals surface area contributed by atoms with Crippen molar-refractivity contribution in [2.24, 2.45) is 17.6 Å². The molecule has 2 unspecified atom stereocenters. The first kappa shape index (κ1) is 20.0. The van der Waals surface area contributed by atoms with Gasteiger partial charge < -0.3 is 11.1 Å². The molecule has 3 N–H and O–H groups in total. The van der Waals surface area contributed by atoms with Crippen LogP contribution in [0, 0.1) is 11.8 Å². The molecule has 0 amide bonds. The fourth-order valence-electron chi connectivity index (χ4n) is 4.00. The molecule has 2 nitrogen and oxygen atoms in total. The lowest BCUT2D eigenvalue weighted by Crippen LogP contribution is -2.45. The zero-order valence-electron chi connectivity index (χ0n) is 15.4. The number of hydrogen-bond donors (Lipinski definition) is 2. The van der Waals surface area contributed by atoms with Crippen molar-refractivity contribution < 1.29 is 0 Å². The van der Waals surface area contributed by atoms with E-state index in [0.717, 1.165) is 12.5 Å². The van der Waals surface area contributed by atoms with Gasteiger partial charge in [-0.25, -0.2) is 0 Å². The third-order valence-electron chi connectivity index (χ3n) is 5.55. The minimum absolute atomic E-state index is 0.622. The van der Waals surface area contributed by atoms with E-state index < -0.39 is 0 Å². The Hall–Kier alpha value is -0.0800. The second-order valence-corrected chi connectivity index (χ2v) is 7.57. The van der Waals surface area contributed by atoms with Gasteiger partial charge in [0.25, 0.3) is 0 Å². The molecule has 22 heavy (non-hydrogen) atoms. The summed E-state index contributed by atoms with van der Waals surface area (Å²) >= 11 is 0. The Kier molecular flexibility index (Phi) is 12.1. The smallest absolute Gasteiger partial charge is 0.0133 e. The third kappa shape index (κ3) is 8.53. The first-order chi connectivity index (χ1) is 10.8. The van der Waals surface area contributed by atoms with Crippen LogP contribution in [0.25, 0.3) is 0 Å². The monoisotopic (exact) mass is 310 g/mol. The summed E-state index contributed by atoms with van der Waals surface area (Å²) in [6.07, 6.45) is 18.4. The fourth-order valence-corrected chi connectivity index (χ4v) is 4.00. The molecule has 2 atom stereocenters. The van der Waals surface area contributed by atoms with Crippen LogP contribution in [-0.2, 0) is 0 Å². The van der Waals surface area contributed by atoms with Crippen molar-refractivity contribution in [3.63, 3.8) is 0 Å². The topological polar surface area (TPSA) is 38.0 Å². The van der Waals surface area contributed by atoms with Crippen molar-refractivity contribution in [2.75, 3.05) is 13.1 Å². The van der Waals surface area contributed by atoms with Gasteiger partial charge in [-0.2, -0.15) is 0 Å². The second kappa shape index (κ2) is 13.4. The van der Waals surface area contributed by atoms with Gasteiger partial charge in [-0.15, -0.1) is 0 Å². The van der Waals surface area contributed by atoms with Gasteiger partial charge in [0.15, 0.2) is 0 Å². The molecule has 0 aromatic carbocycles. The molecule has 0 bridgehead atoms. The van der Waals surface area contributed by atoms with Crippen LogP contribution >= 0.6 is 0 Å². The van der Waals surface area contributed by atoms with Crippen LogP contribution in [0.2, 0.25) is 0 Å². The zero-order valence-corrected chi connectivity index (χ0v) is 15.4.